The Balaban J connectivity index is 1.70. The molecule has 2 heterocycles. The predicted octanol–water partition coefficient (Wildman–Crippen LogP) is 1.85. The number of ether oxygens (including phenoxy) is 1. The average Bonchev–Trinajstić information content (AvgIpc) is 3.02. The van der Waals surface area contributed by atoms with E-state index in [1.165, 1.54) is 0 Å². The van der Waals surface area contributed by atoms with Crippen molar-refractivity contribution in [3.63, 3.8) is 0 Å². The first-order chi connectivity index (χ1) is 10.1. The summed E-state index contributed by atoms with van der Waals surface area (Å²) in [5, 5.41) is 0. The molecule has 2 aliphatic rings. The standard InChI is InChI=1S/C15H22N2O3S/c16-13-4-1-2-6-15(13)21(18,19)17-9-7-12(8-10-17)14-5-3-11-20-14/h1-2,4,6,12,14H,3,5,7-11,16H2. The summed E-state index contributed by atoms with van der Waals surface area (Å²) in [5.41, 5.74) is 6.13. The second-order valence-electron chi connectivity index (χ2n) is 5.83. The highest BCUT2D eigenvalue weighted by Gasteiger charge is 2.34. The molecule has 0 spiro atoms. The number of nitrogens with zero attached hydrogens (tertiary/aromatic N) is 1. The van der Waals surface area contributed by atoms with Crippen molar-refractivity contribution in [3.8, 4) is 0 Å². The fourth-order valence-corrected chi connectivity index (χ4v) is 4.90. The number of piperidine rings is 1. The Bertz CT molecular complexity index is 589. The van der Waals surface area contributed by atoms with Crippen molar-refractivity contribution >= 4 is 15.7 Å². The van der Waals surface area contributed by atoms with Gasteiger partial charge in [0.2, 0.25) is 10.0 Å². The highest BCUT2D eigenvalue weighted by atomic mass is 32.2. The zero-order valence-corrected chi connectivity index (χ0v) is 12.9. The molecule has 5 nitrogen and oxygen atoms in total. The number of nitrogens with two attached hydrogens (primary N) is 1. The van der Waals surface area contributed by atoms with Gasteiger partial charge in [0, 0.05) is 19.7 Å². The minimum atomic E-state index is -3.47. The number of para-hydroxylation sites is 1. The van der Waals surface area contributed by atoms with Crippen LogP contribution in [0.1, 0.15) is 25.7 Å². The summed E-state index contributed by atoms with van der Waals surface area (Å²) in [6.07, 6.45) is 4.32. The number of benzene rings is 1. The number of hydrogen-bond donors (Lipinski definition) is 1. The van der Waals surface area contributed by atoms with Crippen LogP contribution in [-0.4, -0.2) is 38.5 Å². The smallest absolute Gasteiger partial charge is 0.245 e. The predicted molar refractivity (Wildman–Crippen MR) is 81.3 cm³/mol. The van der Waals surface area contributed by atoms with Gasteiger partial charge in [-0.1, -0.05) is 12.1 Å². The number of hydrogen-bond acceptors (Lipinski definition) is 4. The fraction of sp³-hybridized carbons (Fsp3) is 0.600. The Labute approximate surface area is 126 Å². The maximum absolute atomic E-state index is 12.7. The van der Waals surface area contributed by atoms with Gasteiger partial charge in [-0.05, 0) is 43.7 Å². The van der Waals surface area contributed by atoms with Gasteiger partial charge in [-0.3, -0.25) is 0 Å². The Morgan fingerprint density at radius 1 is 1.14 bits per heavy atom. The molecule has 0 saturated carbocycles. The van der Waals surface area contributed by atoms with E-state index in [9.17, 15) is 8.42 Å². The van der Waals surface area contributed by atoms with Crippen LogP contribution in [-0.2, 0) is 14.8 Å². The summed E-state index contributed by atoms with van der Waals surface area (Å²) in [4.78, 5) is 0.223. The van der Waals surface area contributed by atoms with Crippen LogP contribution in [0.2, 0.25) is 0 Å². The first-order valence-corrected chi connectivity index (χ1v) is 8.99. The van der Waals surface area contributed by atoms with E-state index in [4.69, 9.17) is 10.5 Å². The summed E-state index contributed by atoms with van der Waals surface area (Å²) in [7, 11) is -3.47. The molecule has 2 N–H and O–H groups in total. The molecule has 2 saturated heterocycles. The normalized spacial score (nSPS) is 25.2. The second-order valence-corrected chi connectivity index (χ2v) is 7.74. The van der Waals surface area contributed by atoms with E-state index in [1.807, 2.05) is 0 Å². The van der Waals surface area contributed by atoms with Crippen LogP contribution in [0.15, 0.2) is 29.2 Å². The third kappa shape index (κ3) is 2.93. The van der Waals surface area contributed by atoms with Crippen molar-refractivity contribution in [1.82, 2.24) is 4.31 Å². The van der Waals surface area contributed by atoms with Gasteiger partial charge in [-0.2, -0.15) is 4.31 Å². The Morgan fingerprint density at radius 3 is 2.48 bits per heavy atom. The van der Waals surface area contributed by atoms with E-state index in [0.29, 0.717) is 30.8 Å². The lowest BCUT2D eigenvalue weighted by Crippen LogP contribution is -2.41. The Morgan fingerprint density at radius 2 is 1.86 bits per heavy atom. The van der Waals surface area contributed by atoms with Crippen LogP contribution < -0.4 is 5.73 Å². The molecule has 1 aromatic rings. The van der Waals surface area contributed by atoms with Gasteiger partial charge in [0.05, 0.1) is 11.8 Å². The molecule has 0 bridgehead atoms. The average molecular weight is 310 g/mol. The van der Waals surface area contributed by atoms with E-state index < -0.39 is 10.0 Å². The molecule has 0 radical (unpaired) electrons. The Kier molecular flexibility index (Phi) is 4.19. The molecule has 2 fully saturated rings. The highest BCUT2D eigenvalue weighted by Crippen LogP contribution is 2.31. The molecule has 1 aromatic carbocycles. The first-order valence-electron chi connectivity index (χ1n) is 7.55. The number of sulfonamides is 1. The lowest BCUT2D eigenvalue weighted by Gasteiger charge is -2.33. The van der Waals surface area contributed by atoms with E-state index in [1.54, 1.807) is 28.6 Å². The van der Waals surface area contributed by atoms with Gasteiger partial charge in [0.15, 0.2) is 0 Å². The zero-order valence-electron chi connectivity index (χ0n) is 12.1. The van der Waals surface area contributed by atoms with Gasteiger partial charge in [0.25, 0.3) is 0 Å². The van der Waals surface area contributed by atoms with E-state index >= 15 is 0 Å². The molecular formula is C15H22N2O3S. The molecule has 1 unspecified atom stereocenters. The summed E-state index contributed by atoms with van der Waals surface area (Å²) < 4.78 is 32.6. The van der Waals surface area contributed by atoms with Crippen molar-refractivity contribution in [2.75, 3.05) is 25.4 Å². The summed E-state index contributed by atoms with van der Waals surface area (Å²) in [6.45, 7) is 1.96. The molecule has 21 heavy (non-hydrogen) atoms. The zero-order chi connectivity index (χ0) is 14.9. The second kappa shape index (κ2) is 5.94. The van der Waals surface area contributed by atoms with Gasteiger partial charge < -0.3 is 10.5 Å². The van der Waals surface area contributed by atoms with Crippen LogP contribution in [0, 0.1) is 5.92 Å². The van der Waals surface area contributed by atoms with Crippen LogP contribution in [0.4, 0.5) is 5.69 Å². The number of rotatable bonds is 3. The van der Waals surface area contributed by atoms with Crippen LogP contribution >= 0.6 is 0 Å². The third-order valence-electron chi connectivity index (χ3n) is 4.53. The van der Waals surface area contributed by atoms with Crippen molar-refractivity contribution in [1.29, 1.82) is 0 Å². The fourth-order valence-electron chi connectivity index (χ4n) is 3.32. The molecule has 0 aliphatic carbocycles. The maximum atomic E-state index is 12.7. The molecule has 6 heteroatoms. The van der Waals surface area contributed by atoms with Crippen molar-refractivity contribution in [3.05, 3.63) is 24.3 Å². The summed E-state index contributed by atoms with van der Waals surface area (Å²) in [6, 6.07) is 6.67. The first kappa shape index (κ1) is 14.8. The van der Waals surface area contributed by atoms with Crippen molar-refractivity contribution in [2.45, 2.75) is 36.7 Å². The van der Waals surface area contributed by atoms with Crippen LogP contribution in [0.25, 0.3) is 0 Å². The Hall–Kier alpha value is -1.11. The van der Waals surface area contributed by atoms with Crippen LogP contribution in [0.3, 0.4) is 0 Å². The lowest BCUT2D eigenvalue weighted by molar-refractivity contribution is 0.0425. The molecule has 1 atom stereocenters. The lowest BCUT2D eigenvalue weighted by atomic mass is 9.91. The molecule has 2 aliphatic heterocycles. The maximum Gasteiger partial charge on any atom is 0.245 e. The highest BCUT2D eigenvalue weighted by molar-refractivity contribution is 7.89. The molecule has 0 amide bonds. The minimum Gasteiger partial charge on any atom is -0.398 e. The topological polar surface area (TPSA) is 72.6 Å². The van der Waals surface area contributed by atoms with E-state index in [-0.39, 0.29) is 4.90 Å². The number of anilines is 1. The van der Waals surface area contributed by atoms with E-state index in [0.717, 1.165) is 32.3 Å². The molecule has 116 valence electrons. The third-order valence-corrected chi connectivity index (χ3v) is 6.50. The van der Waals surface area contributed by atoms with Crippen LogP contribution in [0.5, 0.6) is 0 Å². The monoisotopic (exact) mass is 310 g/mol. The molecule has 0 aromatic heterocycles. The SMILES string of the molecule is Nc1ccccc1S(=O)(=O)N1CCC(C2CCCO2)CC1. The summed E-state index contributed by atoms with van der Waals surface area (Å²) in [5.74, 6) is 0.493. The largest absolute Gasteiger partial charge is 0.398 e. The van der Waals surface area contributed by atoms with E-state index in [2.05, 4.69) is 0 Å². The van der Waals surface area contributed by atoms with Crippen molar-refractivity contribution < 1.29 is 13.2 Å². The number of nitrogen functional groups attached to an aromatic ring is 1. The minimum absolute atomic E-state index is 0.223. The van der Waals surface area contributed by atoms with Gasteiger partial charge in [-0.15, -0.1) is 0 Å². The van der Waals surface area contributed by atoms with Crippen molar-refractivity contribution in [2.24, 2.45) is 5.92 Å². The van der Waals surface area contributed by atoms with Gasteiger partial charge in [-0.25, -0.2) is 8.42 Å². The molecular weight excluding hydrogens is 288 g/mol. The molecule has 3 rings (SSSR count). The van der Waals surface area contributed by atoms with Gasteiger partial charge >= 0.3 is 0 Å². The quantitative estimate of drug-likeness (QED) is 0.865. The van der Waals surface area contributed by atoms with Gasteiger partial charge in [0.1, 0.15) is 4.90 Å². The summed E-state index contributed by atoms with van der Waals surface area (Å²) >= 11 is 0.